The smallest absolute Gasteiger partial charge is 0.147 e. The summed E-state index contributed by atoms with van der Waals surface area (Å²) in [5, 5.41) is 9.34. The van der Waals surface area contributed by atoms with Gasteiger partial charge in [-0.2, -0.15) is 5.26 Å². The maximum Gasteiger partial charge on any atom is 0.147 e. The van der Waals surface area contributed by atoms with Gasteiger partial charge in [0.05, 0.1) is 5.56 Å². The molecule has 0 amide bonds. The molecular formula is C15H20N4. The number of hydrogen-bond donors (Lipinski definition) is 0. The topological polar surface area (TPSA) is 43.2 Å². The Balaban J connectivity index is 1.81. The first kappa shape index (κ1) is 12.4. The number of hydrogen-bond acceptors (Lipinski definition) is 4. The summed E-state index contributed by atoms with van der Waals surface area (Å²) in [6.07, 6.45) is 2.73. The number of pyridine rings is 1. The van der Waals surface area contributed by atoms with Crippen LogP contribution in [0.1, 0.15) is 29.7 Å². The van der Waals surface area contributed by atoms with E-state index < -0.39 is 0 Å². The van der Waals surface area contributed by atoms with Crippen molar-refractivity contribution in [3.63, 3.8) is 0 Å². The van der Waals surface area contributed by atoms with Crippen LogP contribution in [0.2, 0.25) is 0 Å². The van der Waals surface area contributed by atoms with Crippen LogP contribution in [-0.4, -0.2) is 42.1 Å². The molecular weight excluding hydrogens is 236 g/mol. The van der Waals surface area contributed by atoms with Crippen molar-refractivity contribution < 1.29 is 0 Å². The van der Waals surface area contributed by atoms with Gasteiger partial charge in [-0.05, 0) is 38.3 Å². The molecule has 1 aromatic heterocycles. The highest BCUT2D eigenvalue weighted by atomic mass is 15.3. The van der Waals surface area contributed by atoms with E-state index in [1.165, 1.54) is 12.8 Å². The van der Waals surface area contributed by atoms with E-state index in [0.29, 0.717) is 0 Å². The molecule has 2 fully saturated rings. The Morgan fingerprint density at radius 1 is 1.21 bits per heavy atom. The van der Waals surface area contributed by atoms with Crippen molar-refractivity contribution in [2.24, 2.45) is 0 Å². The zero-order valence-corrected chi connectivity index (χ0v) is 11.7. The lowest BCUT2D eigenvalue weighted by molar-refractivity contribution is 0.247. The standard InChI is InChI=1S/C15H20N4/c1-11-9-12(2)17-15(14(11)10-16)19-7-5-18(6-8-19)13-3-4-13/h9,13H,3-8H2,1-2H3. The van der Waals surface area contributed by atoms with Crippen LogP contribution >= 0.6 is 0 Å². The third-order valence-electron chi connectivity index (χ3n) is 4.11. The van der Waals surface area contributed by atoms with E-state index in [4.69, 9.17) is 0 Å². The third kappa shape index (κ3) is 2.43. The molecule has 0 N–H and O–H groups in total. The fourth-order valence-electron chi connectivity index (χ4n) is 2.92. The summed E-state index contributed by atoms with van der Waals surface area (Å²) in [5.41, 5.74) is 2.77. The molecule has 1 aliphatic heterocycles. The summed E-state index contributed by atoms with van der Waals surface area (Å²) >= 11 is 0. The van der Waals surface area contributed by atoms with Crippen LogP contribution in [0.4, 0.5) is 5.82 Å². The highest BCUT2D eigenvalue weighted by molar-refractivity contribution is 5.58. The molecule has 4 heteroatoms. The summed E-state index contributed by atoms with van der Waals surface area (Å²) in [4.78, 5) is 9.45. The van der Waals surface area contributed by atoms with Gasteiger partial charge >= 0.3 is 0 Å². The van der Waals surface area contributed by atoms with E-state index in [9.17, 15) is 5.26 Å². The van der Waals surface area contributed by atoms with Gasteiger partial charge in [-0.15, -0.1) is 0 Å². The predicted octanol–water partition coefficient (Wildman–Crippen LogP) is 1.85. The van der Waals surface area contributed by atoms with Crippen LogP contribution < -0.4 is 4.90 Å². The van der Waals surface area contributed by atoms with Crippen LogP contribution in [0.15, 0.2) is 6.07 Å². The maximum atomic E-state index is 9.34. The second-order valence-corrected chi connectivity index (χ2v) is 5.65. The van der Waals surface area contributed by atoms with Gasteiger partial charge in [0.15, 0.2) is 0 Å². The van der Waals surface area contributed by atoms with Gasteiger partial charge in [-0.1, -0.05) is 0 Å². The minimum Gasteiger partial charge on any atom is -0.353 e. The quantitative estimate of drug-likeness (QED) is 0.810. The van der Waals surface area contributed by atoms with E-state index in [1.54, 1.807) is 0 Å². The molecule has 19 heavy (non-hydrogen) atoms. The van der Waals surface area contributed by atoms with Gasteiger partial charge in [0.2, 0.25) is 0 Å². The fourth-order valence-corrected chi connectivity index (χ4v) is 2.92. The first-order chi connectivity index (χ1) is 9.19. The fraction of sp³-hybridized carbons (Fsp3) is 0.600. The van der Waals surface area contributed by atoms with Gasteiger partial charge in [0.1, 0.15) is 11.9 Å². The van der Waals surface area contributed by atoms with Gasteiger partial charge in [-0.3, -0.25) is 4.90 Å². The molecule has 1 saturated carbocycles. The number of nitrogens with zero attached hydrogens (tertiary/aromatic N) is 4. The molecule has 0 spiro atoms. The maximum absolute atomic E-state index is 9.34. The van der Waals surface area contributed by atoms with Crippen LogP contribution in [0.3, 0.4) is 0 Å². The van der Waals surface area contributed by atoms with Crippen molar-refractivity contribution in [2.75, 3.05) is 31.1 Å². The lowest BCUT2D eigenvalue weighted by atomic mass is 10.1. The van der Waals surface area contributed by atoms with Crippen molar-refractivity contribution >= 4 is 5.82 Å². The average molecular weight is 256 g/mol. The molecule has 2 aliphatic rings. The Morgan fingerprint density at radius 3 is 2.47 bits per heavy atom. The summed E-state index contributed by atoms with van der Waals surface area (Å²) in [6, 6.07) is 5.14. The third-order valence-corrected chi connectivity index (χ3v) is 4.11. The van der Waals surface area contributed by atoms with Crippen LogP contribution in [0, 0.1) is 25.2 Å². The average Bonchev–Trinajstić information content (AvgIpc) is 3.22. The largest absolute Gasteiger partial charge is 0.353 e. The van der Waals surface area contributed by atoms with E-state index in [0.717, 1.165) is 54.9 Å². The van der Waals surface area contributed by atoms with Gasteiger partial charge in [-0.25, -0.2) is 4.98 Å². The molecule has 1 aliphatic carbocycles. The zero-order valence-electron chi connectivity index (χ0n) is 11.7. The molecule has 2 heterocycles. The number of aromatic nitrogens is 1. The van der Waals surface area contributed by atoms with Crippen LogP contribution in [0.5, 0.6) is 0 Å². The lowest BCUT2D eigenvalue weighted by Crippen LogP contribution is -2.47. The summed E-state index contributed by atoms with van der Waals surface area (Å²) in [5.74, 6) is 0.885. The molecule has 0 bridgehead atoms. The highest BCUT2D eigenvalue weighted by Gasteiger charge is 2.32. The van der Waals surface area contributed by atoms with Crippen LogP contribution in [-0.2, 0) is 0 Å². The highest BCUT2D eigenvalue weighted by Crippen LogP contribution is 2.29. The second kappa shape index (κ2) is 4.82. The number of piperazine rings is 1. The lowest BCUT2D eigenvalue weighted by Gasteiger charge is -2.36. The monoisotopic (exact) mass is 256 g/mol. The Kier molecular flexibility index (Phi) is 3.16. The van der Waals surface area contributed by atoms with E-state index >= 15 is 0 Å². The first-order valence-electron chi connectivity index (χ1n) is 7.06. The molecule has 4 nitrogen and oxygen atoms in total. The van der Waals surface area contributed by atoms with Crippen molar-refractivity contribution in [1.29, 1.82) is 5.26 Å². The summed E-state index contributed by atoms with van der Waals surface area (Å²) < 4.78 is 0. The number of nitriles is 1. The van der Waals surface area contributed by atoms with Crippen molar-refractivity contribution in [3.05, 3.63) is 22.9 Å². The zero-order chi connectivity index (χ0) is 13.4. The Bertz CT molecular complexity index is 520. The minimum absolute atomic E-state index is 0.741. The van der Waals surface area contributed by atoms with Crippen molar-refractivity contribution in [3.8, 4) is 6.07 Å². The summed E-state index contributed by atoms with van der Waals surface area (Å²) in [6.45, 7) is 8.17. The molecule has 1 saturated heterocycles. The Hall–Kier alpha value is -1.60. The number of anilines is 1. The second-order valence-electron chi connectivity index (χ2n) is 5.65. The van der Waals surface area contributed by atoms with Crippen LogP contribution in [0.25, 0.3) is 0 Å². The molecule has 0 atom stereocenters. The Labute approximate surface area is 114 Å². The van der Waals surface area contributed by atoms with E-state index in [2.05, 4.69) is 20.9 Å². The minimum atomic E-state index is 0.741. The SMILES string of the molecule is Cc1cc(C)c(C#N)c(N2CCN(C3CC3)CC2)n1. The first-order valence-corrected chi connectivity index (χ1v) is 7.06. The van der Waals surface area contributed by atoms with Gasteiger partial charge in [0.25, 0.3) is 0 Å². The van der Waals surface area contributed by atoms with Crippen molar-refractivity contribution in [2.45, 2.75) is 32.7 Å². The van der Waals surface area contributed by atoms with E-state index in [-0.39, 0.29) is 0 Å². The predicted molar refractivity (Wildman–Crippen MR) is 75.2 cm³/mol. The van der Waals surface area contributed by atoms with Gasteiger partial charge in [0, 0.05) is 37.9 Å². The normalized spacial score (nSPS) is 20.4. The van der Waals surface area contributed by atoms with Gasteiger partial charge < -0.3 is 4.90 Å². The molecule has 0 radical (unpaired) electrons. The number of rotatable bonds is 2. The number of aryl methyl sites for hydroxylation is 2. The molecule has 0 aromatic carbocycles. The molecule has 3 rings (SSSR count). The molecule has 100 valence electrons. The molecule has 0 unspecified atom stereocenters. The summed E-state index contributed by atoms with van der Waals surface area (Å²) in [7, 11) is 0. The van der Waals surface area contributed by atoms with Crippen molar-refractivity contribution in [1.82, 2.24) is 9.88 Å². The molecule has 1 aromatic rings. The van der Waals surface area contributed by atoms with E-state index in [1.807, 2.05) is 19.9 Å². The Morgan fingerprint density at radius 2 is 1.89 bits per heavy atom.